The first-order valence-corrected chi connectivity index (χ1v) is 12.2. The van der Waals surface area contributed by atoms with E-state index in [2.05, 4.69) is 16.0 Å². The maximum Gasteiger partial charge on any atom is 0.322 e. The smallest absolute Gasteiger partial charge is 0.322 e. The lowest BCUT2D eigenvalue weighted by molar-refractivity contribution is -0.149. The van der Waals surface area contributed by atoms with Gasteiger partial charge in [-0.3, -0.25) is 28.8 Å². The molecule has 0 aromatic carbocycles. The molecule has 35 heavy (non-hydrogen) atoms. The van der Waals surface area contributed by atoms with E-state index >= 15 is 0 Å². The Bertz CT molecular complexity index is 747. The van der Waals surface area contributed by atoms with Crippen molar-refractivity contribution in [3.63, 3.8) is 0 Å². The summed E-state index contributed by atoms with van der Waals surface area (Å²) < 4.78 is 9.82. The Morgan fingerprint density at radius 3 is 2.09 bits per heavy atom. The number of thioether (sulfide) groups is 1. The molecule has 1 unspecified atom stereocenters. The van der Waals surface area contributed by atoms with E-state index in [1.165, 1.54) is 0 Å². The van der Waals surface area contributed by atoms with Crippen LogP contribution in [0.25, 0.3) is 0 Å². The maximum absolute atomic E-state index is 12.5. The number of carboxylic acids is 2. The fourth-order valence-corrected chi connectivity index (χ4v) is 3.84. The number of ether oxygens (including phenoxy) is 2. The highest BCUT2D eigenvalue weighted by atomic mass is 32.2. The largest absolute Gasteiger partial charge is 0.480 e. The predicted octanol–water partition coefficient (Wildman–Crippen LogP) is -0.478. The minimum absolute atomic E-state index is 0.0513. The molecule has 0 heterocycles. The number of rotatable bonds is 18. The molecule has 0 aromatic heterocycles. The summed E-state index contributed by atoms with van der Waals surface area (Å²) in [4.78, 5) is 71.2. The number of nitrogens with one attached hydrogen (secondary N) is 3. The van der Waals surface area contributed by atoms with E-state index in [0.29, 0.717) is 0 Å². The van der Waals surface area contributed by atoms with Crippen LogP contribution < -0.4 is 16.0 Å². The van der Waals surface area contributed by atoms with Gasteiger partial charge >= 0.3 is 23.9 Å². The van der Waals surface area contributed by atoms with Crippen molar-refractivity contribution >= 4 is 47.5 Å². The van der Waals surface area contributed by atoms with Crippen LogP contribution in [0.1, 0.15) is 47.0 Å². The van der Waals surface area contributed by atoms with Gasteiger partial charge in [-0.15, -0.1) is 11.8 Å². The fraction of sp³-hybridized carbons (Fsp3) is 0.714. The summed E-state index contributed by atoms with van der Waals surface area (Å²) in [5, 5.41) is 24.5. The van der Waals surface area contributed by atoms with E-state index in [4.69, 9.17) is 14.6 Å². The van der Waals surface area contributed by atoms with Crippen LogP contribution in [0.3, 0.4) is 0 Å². The zero-order chi connectivity index (χ0) is 27.0. The number of amides is 2. The molecule has 0 saturated carbocycles. The maximum atomic E-state index is 12.5. The first kappa shape index (κ1) is 32.1. The molecule has 0 aliphatic heterocycles. The minimum Gasteiger partial charge on any atom is -0.480 e. The second-order valence-electron chi connectivity index (χ2n) is 7.57. The standard InChI is InChI=1S/C21H35N3O10S/c1-5-33-18(28)9-15(21(32)34-6-2)35-11-14(19(29)22-10-17(26)27)24-16(25)8-7-13(20(30)31)23-12(3)4/h12-15,23H,5-11H2,1-4H3,(H,22,29)(H,24,25)(H,26,27)(H,30,31)/t13-,14-,15?/m0/s1. The van der Waals surface area contributed by atoms with Crippen LogP contribution >= 0.6 is 11.8 Å². The van der Waals surface area contributed by atoms with Gasteiger partial charge in [-0.05, 0) is 20.3 Å². The highest BCUT2D eigenvalue weighted by Gasteiger charge is 2.29. The molecule has 0 fully saturated rings. The van der Waals surface area contributed by atoms with E-state index in [1.54, 1.807) is 27.7 Å². The molecule has 0 aliphatic rings. The summed E-state index contributed by atoms with van der Waals surface area (Å²) in [5.41, 5.74) is 0. The van der Waals surface area contributed by atoms with Crippen molar-refractivity contribution < 1.29 is 48.5 Å². The molecule has 0 aliphatic carbocycles. The molecule has 13 nitrogen and oxygen atoms in total. The number of hydrogen-bond donors (Lipinski definition) is 5. The first-order chi connectivity index (χ1) is 16.4. The Hall–Kier alpha value is -2.87. The fourth-order valence-electron chi connectivity index (χ4n) is 2.72. The Morgan fingerprint density at radius 2 is 1.57 bits per heavy atom. The number of esters is 2. The summed E-state index contributed by atoms with van der Waals surface area (Å²) in [5.74, 6) is -5.43. The molecule has 0 saturated heterocycles. The third-order valence-corrected chi connectivity index (χ3v) is 5.52. The van der Waals surface area contributed by atoms with Gasteiger partial charge in [-0.2, -0.15) is 0 Å². The highest BCUT2D eigenvalue weighted by molar-refractivity contribution is 8.00. The topological polar surface area (TPSA) is 197 Å². The molecular weight excluding hydrogens is 486 g/mol. The van der Waals surface area contributed by atoms with Gasteiger partial charge in [0.05, 0.1) is 19.6 Å². The number of carbonyl (C=O) groups is 6. The molecule has 0 bridgehead atoms. The number of carbonyl (C=O) groups excluding carboxylic acids is 4. The zero-order valence-corrected chi connectivity index (χ0v) is 21.1. The Morgan fingerprint density at radius 1 is 0.943 bits per heavy atom. The van der Waals surface area contributed by atoms with Crippen LogP contribution in [0, 0.1) is 0 Å². The minimum atomic E-state index is -1.30. The molecule has 200 valence electrons. The molecule has 2 amide bonds. The van der Waals surface area contributed by atoms with Gasteiger partial charge in [-0.1, -0.05) is 13.8 Å². The van der Waals surface area contributed by atoms with Gasteiger partial charge in [0.15, 0.2) is 0 Å². The molecule has 0 spiro atoms. The molecule has 0 rings (SSSR count). The van der Waals surface area contributed by atoms with Crippen LogP contribution in [0.4, 0.5) is 0 Å². The average Bonchev–Trinajstić information content (AvgIpc) is 2.76. The van der Waals surface area contributed by atoms with Gasteiger partial charge in [0, 0.05) is 18.2 Å². The monoisotopic (exact) mass is 521 g/mol. The molecule has 5 N–H and O–H groups in total. The lowest BCUT2D eigenvalue weighted by Gasteiger charge is -2.21. The Balaban J connectivity index is 5.34. The highest BCUT2D eigenvalue weighted by Crippen LogP contribution is 2.19. The SMILES string of the molecule is CCOC(=O)CC(SC[C@H](NC(=O)CC[C@H](NC(C)C)C(=O)O)C(=O)NCC(=O)O)C(=O)OCC. The summed E-state index contributed by atoms with van der Waals surface area (Å²) in [7, 11) is 0. The van der Waals surface area contributed by atoms with Crippen molar-refractivity contribution in [3.05, 3.63) is 0 Å². The lowest BCUT2D eigenvalue weighted by Crippen LogP contribution is -2.50. The van der Waals surface area contributed by atoms with Crippen LogP contribution in [-0.2, 0) is 38.2 Å². The Labute approximate surface area is 208 Å². The zero-order valence-electron chi connectivity index (χ0n) is 20.3. The summed E-state index contributed by atoms with van der Waals surface area (Å²) in [6, 6.07) is -2.37. The molecule has 3 atom stereocenters. The van der Waals surface area contributed by atoms with Gasteiger partial charge < -0.3 is 35.6 Å². The quantitative estimate of drug-likeness (QED) is 0.145. The van der Waals surface area contributed by atoms with E-state index in [1.807, 2.05) is 0 Å². The second kappa shape index (κ2) is 17.5. The first-order valence-electron chi connectivity index (χ1n) is 11.1. The molecule has 14 heteroatoms. The van der Waals surface area contributed by atoms with Crippen molar-refractivity contribution in [3.8, 4) is 0 Å². The Kier molecular flexibility index (Phi) is 16.1. The van der Waals surface area contributed by atoms with Crippen LogP contribution in [0.15, 0.2) is 0 Å². The van der Waals surface area contributed by atoms with Crippen molar-refractivity contribution in [2.24, 2.45) is 0 Å². The van der Waals surface area contributed by atoms with Crippen LogP contribution in [0.5, 0.6) is 0 Å². The van der Waals surface area contributed by atoms with Gasteiger partial charge in [0.2, 0.25) is 11.8 Å². The normalized spacial score (nSPS) is 13.3. The van der Waals surface area contributed by atoms with Gasteiger partial charge in [0.25, 0.3) is 0 Å². The predicted molar refractivity (Wildman–Crippen MR) is 126 cm³/mol. The van der Waals surface area contributed by atoms with Crippen LogP contribution in [-0.4, -0.2) is 94.8 Å². The summed E-state index contributed by atoms with van der Waals surface area (Å²) in [6.07, 6.45) is -0.603. The van der Waals surface area contributed by atoms with Crippen molar-refractivity contribution in [1.82, 2.24) is 16.0 Å². The number of carboxylic acid groups (broad SMARTS) is 2. The molecule has 0 aromatic rings. The third-order valence-electron chi connectivity index (χ3n) is 4.23. The average molecular weight is 522 g/mol. The third kappa shape index (κ3) is 14.9. The summed E-state index contributed by atoms with van der Waals surface area (Å²) in [6.45, 7) is 6.18. The summed E-state index contributed by atoms with van der Waals surface area (Å²) >= 11 is 0.869. The van der Waals surface area contributed by atoms with E-state index < -0.39 is 59.6 Å². The van der Waals surface area contributed by atoms with E-state index in [0.717, 1.165) is 11.8 Å². The van der Waals surface area contributed by atoms with E-state index in [9.17, 15) is 33.9 Å². The van der Waals surface area contributed by atoms with Crippen molar-refractivity contribution in [2.75, 3.05) is 25.5 Å². The second-order valence-corrected chi connectivity index (χ2v) is 8.80. The number of hydrogen-bond acceptors (Lipinski definition) is 10. The van der Waals surface area contributed by atoms with Gasteiger partial charge in [-0.25, -0.2) is 0 Å². The van der Waals surface area contributed by atoms with Crippen molar-refractivity contribution in [1.29, 1.82) is 0 Å². The lowest BCUT2D eigenvalue weighted by atomic mass is 10.1. The van der Waals surface area contributed by atoms with Crippen molar-refractivity contribution in [2.45, 2.75) is 70.3 Å². The van der Waals surface area contributed by atoms with Crippen LogP contribution in [0.2, 0.25) is 0 Å². The molecular formula is C21H35N3O10S. The number of aliphatic carboxylic acids is 2. The molecule has 0 radical (unpaired) electrons. The van der Waals surface area contributed by atoms with E-state index in [-0.39, 0.29) is 44.3 Å². The van der Waals surface area contributed by atoms with Gasteiger partial charge in [0.1, 0.15) is 23.9 Å².